The average molecular weight is 729 g/mol. The van der Waals surface area contributed by atoms with Gasteiger partial charge < -0.3 is 51.8 Å². The summed E-state index contributed by atoms with van der Waals surface area (Å²) in [6, 6.07) is 0. The zero-order valence-corrected chi connectivity index (χ0v) is 30.9. The van der Waals surface area contributed by atoms with E-state index in [1.165, 1.54) is 0 Å². The second kappa shape index (κ2) is 25.5. The molecule has 0 amide bonds. The van der Waals surface area contributed by atoms with E-state index in [-0.39, 0.29) is 82.2 Å². The number of carbonyl (C=O) groups is 6. The van der Waals surface area contributed by atoms with Crippen molar-refractivity contribution in [3.05, 3.63) is 0 Å². The molecule has 0 aliphatic carbocycles. The van der Waals surface area contributed by atoms with Gasteiger partial charge in [0.05, 0.1) is 24.7 Å². The third-order valence-corrected chi connectivity index (χ3v) is 5.02. The molecule has 0 aliphatic rings. The molecular formula is C20H36O16Zn3. The summed E-state index contributed by atoms with van der Waals surface area (Å²) in [5.74, 6) is -13.1. The molecule has 0 spiro atoms. The first-order chi connectivity index (χ1) is 15.5. The number of carboxylic acid groups (broad SMARTS) is 6. The van der Waals surface area contributed by atoms with E-state index < -0.39 is 71.7 Å². The minimum atomic E-state index is -2.77. The van der Waals surface area contributed by atoms with E-state index in [0.29, 0.717) is 25.7 Å². The van der Waals surface area contributed by atoms with E-state index in [2.05, 4.69) is 0 Å². The standard InChI is InChI=1S/2C10H16O7.2H2O.3Zn/c2*1-2-3-4-6(8(13)14)10(17,9(15)16)5-7(11)12;;;;;/h2*6,17H,2-5H2,1H3,(H,11,12)(H,13,14)(H,15,16);2*1H2;;;. The Hall–Kier alpha value is -1.47. The van der Waals surface area contributed by atoms with Crippen LogP contribution in [0.3, 0.4) is 0 Å². The summed E-state index contributed by atoms with van der Waals surface area (Å²) in [6.45, 7) is 3.55. The summed E-state index contributed by atoms with van der Waals surface area (Å²) in [6.07, 6.45) is -0.409. The summed E-state index contributed by atoms with van der Waals surface area (Å²) in [5.41, 5.74) is -5.54. The zero-order chi connectivity index (χ0) is 27.3. The predicted molar refractivity (Wildman–Crippen MR) is 118 cm³/mol. The summed E-state index contributed by atoms with van der Waals surface area (Å²) >= 11 is 0. The van der Waals surface area contributed by atoms with Gasteiger partial charge in [0.25, 0.3) is 0 Å². The van der Waals surface area contributed by atoms with Gasteiger partial charge in [-0.2, -0.15) is 0 Å². The quantitative estimate of drug-likeness (QED) is 0.0855. The summed E-state index contributed by atoms with van der Waals surface area (Å²) in [4.78, 5) is 64.6. The molecule has 0 aromatic heterocycles. The first-order valence-electron chi connectivity index (χ1n) is 10.3. The van der Waals surface area contributed by atoms with E-state index in [4.69, 9.17) is 30.6 Å². The van der Waals surface area contributed by atoms with Crippen LogP contribution < -0.4 is 0 Å². The van der Waals surface area contributed by atoms with Gasteiger partial charge >= 0.3 is 35.8 Å². The van der Waals surface area contributed by atoms with Gasteiger partial charge in [0, 0.05) is 58.4 Å². The Morgan fingerprint density at radius 2 is 0.795 bits per heavy atom. The number of hydrogen-bond donors (Lipinski definition) is 8. The van der Waals surface area contributed by atoms with Crippen LogP contribution in [0.25, 0.3) is 0 Å². The van der Waals surface area contributed by atoms with Crippen molar-refractivity contribution in [2.24, 2.45) is 11.8 Å². The van der Waals surface area contributed by atoms with Gasteiger partial charge in [0.1, 0.15) is 0 Å². The van der Waals surface area contributed by atoms with Gasteiger partial charge in [-0.15, -0.1) is 0 Å². The van der Waals surface area contributed by atoms with Crippen molar-refractivity contribution in [1.82, 2.24) is 0 Å². The third-order valence-electron chi connectivity index (χ3n) is 5.02. The minimum absolute atomic E-state index is 0. The van der Waals surface area contributed by atoms with Gasteiger partial charge in [-0.3, -0.25) is 19.2 Å². The maximum Gasteiger partial charge on any atom is 0.337 e. The van der Waals surface area contributed by atoms with Crippen molar-refractivity contribution in [3.63, 3.8) is 0 Å². The fourth-order valence-electron chi connectivity index (χ4n) is 3.11. The topological polar surface area (TPSA) is 327 Å². The van der Waals surface area contributed by atoms with Gasteiger partial charge in [0.15, 0.2) is 11.2 Å². The Morgan fingerprint density at radius 1 is 0.564 bits per heavy atom. The number of aliphatic hydroxyl groups is 2. The van der Waals surface area contributed by atoms with Crippen LogP contribution in [0.15, 0.2) is 0 Å². The van der Waals surface area contributed by atoms with Crippen LogP contribution >= 0.6 is 0 Å². The number of rotatable bonds is 16. The molecule has 0 aromatic rings. The first-order valence-corrected chi connectivity index (χ1v) is 10.3. The Bertz CT molecular complexity index is 703. The molecule has 0 rings (SSSR count). The second-order valence-electron chi connectivity index (χ2n) is 7.67. The molecule has 12 N–H and O–H groups in total. The molecule has 0 saturated heterocycles. The van der Waals surface area contributed by atoms with E-state index in [1.807, 2.05) is 0 Å². The molecule has 0 aromatic carbocycles. The van der Waals surface area contributed by atoms with Crippen LogP contribution in [-0.2, 0) is 87.2 Å². The molecule has 0 saturated carbocycles. The van der Waals surface area contributed by atoms with Gasteiger partial charge in [0.2, 0.25) is 0 Å². The Labute approximate surface area is 262 Å². The molecule has 218 valence electrons. The largest absolute Gasteiger partial charge is 0.481 e. The van der Waals surface area contributed by atoms with E-state index in [0.717, 1.165) is 0 Å². The van der Waals surface area contributed by atoms with E-state index in [1.54, 1.807) is 13.8 Å². The second-order valence-corrected chi connectivity index (χ2v) is 7.67. The first kappa shape index (κ1) is 53.7. The van der Waals surface area contributed by atoms with Gasteiger partial charge in [-0.25, -0.2) is 9.59 Å². The average Bonchev–Trinajstić information content (AvgIpc) is 2.67. The molecule has 0 radical (unpaired) electrons. The predicted octanol–water partition coefficient (Wildman–Crippen LogP) is -1.32. The SMILES string of the molecule is CCCCC(C(=O)O)C(O)(CC(=O)O)C(=O)O.CCCCC(C(=O)O)C(O)(CC(=O)O)C(=O)O.O.O.[Zn].[Zn].[Zn]. The monoisotopic (exact) mass is 724 g/mol. The van der Waals surface area contributed by atoms with Crippen molar-refractivity contribution < 1.29 is 139 Å². The molecule has 0 heterocycles. The van der Waals surface area contributed by atoms with Crippen LogP contribution in [0.5, 0.6) is 0 Å². The van der Waals surface area contributed by atoms with Gasteiger partial charge in [-0.1, -0.05) is 39.5 Å². The van der Waals surface area contributed by atoms with Crippen molar-refractivity contribution in [2.45, 2.75) is 76.4 Å². The number of hydrogen-bond acceptors (Lipinski definition) is 8. The number of aliphatic carboxylic acids is 6. The molecule has 19 heteroatoms. The maximum atomic E-state index is 10.9. The molecule has 39 heavy (non-hydrogen) atoms. The zero-order valence-electron chi connectivity index (χ0n) is 22.0. The van der Waals surface area contributed by atoms with Crippen molar-refractivity contribution in [1.29, 1.82) is 0 Å². The molecule has 0 bridgehead atoms. The number of carboxylic acids is 6. The van der Waals surface area contributed by atoms with E-state index in [9.17, 15) is 39.0 Å². The summed E-state index contributed by atoms with van der Waals surface area (Å²) in [5, 5.41) is 72.0. The van der Waals surface area contributed by atoms with Crippen LogP contribution in [0.1, 0.15) is 65.2 Å². The molecule has 4 unspecified atom stereocenters. The van der Waals surface area contributed by atoms with Crippen LogP contribution in [0.2, 0.25) is 0 Å². The maximum absolute atomic E-state index is 10.9. The Kier molecular flexibility index (Phi) is 35.1. The van der Waals surface area contributed by atoms with Crippen LogP contribution in [-0.4, -0.2) is 98.8 Å². The normalized spacial score (nSPS) is 13.8. The minimum Gasteiger partial charge on any atom is -0.481 e. The Morgan fingerprint density at radius 3 is 0.923 bits per heavy atom. The fourth-order valence-corrected chi connectivity index (χ4v) is 3.11. The summed E-state index contributed by atoms with van der Waals surface area (Å²) < 4.78 is 0. The fraction of sp³-hybridized carbons (Fsp3) is 0.700. The van der Waals surface area contributed by atoms with E-state index >= 15 is 0 Å². The molecule has 4 atom stereocenters. The third kappa shape index (κ3) is 18.5. The molecule has 0 fully saturated rings. The van der Waals surface area contributed by atoms with Gasteiger partial charge in [-0.05, 0) is 12.8 Å². The summed E-state index contributed by atoms with van der Waals surface area (Å²) in [7, 11) is 0. The van der Waals surface area contributed by atoms with Crippen LogP contribution in [0.4, 0.5) is 0 Å². The number of unbranched alkanes of at least 4 members (excludes halogenated alkanes) is 2. The van der Waals surface area contributed by atoms with Crippen molar-refractivity contribution in [3.8, 4) is 0 Å². The molecule has 16 nitrogen and oxygen atoms in total. The smallest absolute Gasteiger partial charge is 0.337 e. The molecular weight excluding hydrogens is 692 g/mol. The molecule has 0 aliphatic heterocycles. The van der Waals surface area contributed by atoms with Crippen molar-refractivity contribution in [2.75, 3.05) is 0 Å². The van der Waals surface area contributed by atoms with Crippen molar-refractivity contribution >= 4 is 35.8 Å². The Balaban J connectivity index is -0.0000000931. The van der Waals surface area contributed by atoms with Crippen LogP contribution in [0, 0.1) is 11.8 Å².